The summed E-state index contributed by atoms with van der Waals surface area (Å²) in [5.74, 6) is 0.708. The summed E-state index contributed by atoms with van der Waals surface area (Å²) in [5, 5.41) is 6.30. The maximum Gasteiger partial charge on any atom is 0.250 e. The molecule has 1 unspecified atom stereocenters. The first-order chi connectivity index (χ1) is 8.27. The highest BCUT2D eigenvalue weighted by atomic mass is 16.5. The van der Waals surface area contributed by atoms with Crippen molar-refractivity contribution in [1.29, 1.82) is 0 Å². The first-order valence-corrected chi connectivity index (χ1v) is 6.90. The zero-order valence-electron chi connectivity index (χ0n) is 10.7. The zero-order chi connectivity index (χ0) is 12.1. The molecule has 1 aliphatic carbocycles. The van der Waals surface area contributed by atoms with Gasteiger partial charge < -0.3 is 15.4 Å². The van der Waals surface area contributed by atoms with E-state index in [9.17, 15) is 4.79 Å². The quantitative estimate of drug-likeness (QED) is 0.775. The third kappa shape index (κ3) is 3.68. The van der Waals surface area contributed by atoms with Crippen LogP contribution in [0.1, 0.15) is 39.0 Å². The molecule has 0 bridgehead atoms. The number of hydrogen-bond donors (Lipinski definition) is 2. The molecule has 1 amide bonds. The molecule has 1 aliphatic heterocycles. The third-order valence-corrected chi connectivity index (χ3v) is 3.95. The Morgan fingerprint density at radius 3 is 2.76 bits per heavy atom. The zero-order valence-corrected chi connectivity index (χ0v) is 10.7. The molecule has 1 saturated carbocycles. The summed E-state index contributed by atoms with van der Waals surface area (Å²) in [6.07, 6.45) is 6.19. The summed E-state index contributed by atoms with van der Waals surface area (Å²) in [6.45, 7) is 4.26. The summed E-state index contributed by atoms with van der Waals surface area (Å²) in [5.41, 5.74) is 0. The van der Waals surface area contributed by atoms with Crippen molar-refractivity contribution in [2.45, 2.75) is 51.2 Å². The van der Waals surface area contributed by atoms with Crippen LogP contribution >= 0.6 is 0 Å². The van der Waals surface area contributed by atoms with Crippen LogP contribution in [0, 0.1) is 5.92 Å². The van der Waals surface area contributed by atoms with Gasteiger partial charge in [0.05, 0.1) is 6.61 Å². The van der Waals surface area contributed by atoms with Gasteiger partial charge in [-0.2, -0.15) is 0 Å². The predicted molar refractivity (Wildman–Crippen MR) is 66.8 cm³/mol. The van der Waals surface area contributed by atoms with Gasteiger partial charge in [0.25, 0.3) is 5.91 Å². The Kier molecular flexibility index (Phi) is 4.80. The second-order valence-electron chi connectivity index (χ2n) is 5.26. The molecule has 1 saturated heterocycles. The smallest absolute Gasteiger partial charge is 0.250 e. The molecule has 0 spiro atoms. The summed E-state index contributed by atoms with van der Waals surface area (Å²) in [4.78, 5) is 12.0. The summed E-state index contributed by atoms with van der Waals surface area (Å²) < 4.78 is 5.45. The average molecular weight is 240 g/mol. The predicted octanol–water partition coefficient (Wildman–Crippen LogP) is 1.06. The van der Waals surface area contributed by atoms with E-state index in [0.717, 1.165) is 6.54 Å². The van der Waals surface area contributed by atoms with Crippen molar-refractivity contribution in [2.75, 3.05) is 19.7 Å². The SMILES string of the molecule is C[C@H](NC(=O)C1CNCCO1)C1CCCCC1. The van der Waals surface area contributed by atoms with E-state index in [1.165, 1.54) is 32.1 Å². The van der Waals surface area contributed by atoms with Crippen LogP contribution in [-0.4, -0.2) is 37.7 Å². The number of ether oxygens (including phenoxy) is 1. The Morgan fingerprint density at radius 1 is 1.35 bits per heavy atom. The van der Waals surface area contributed by atoms with Crippen molar-refractivity contribution >= 4 is 5.91 Å². The molecular weight excluding hydrogens is 216 g/mol. The van der Waals surface area contributed by atoms with Gasteiger partial charge in [-0.3, -0.25) is 4.79 Å². The molecule has 0 aromatic heterocycles. The third-order valence-electron chi connectivity index (χ3n) is 3.95. The fraction of sp³-hybridized carbons (Fsp3) is 0.923. The molecule has 2 N–H and O–H groups in total. The summed E-state index contributed by atoms with van der Waals surface area (Å²) in [6, 6.07) is 0.285. The van der Waals surface area contributed by atoms with Crippen LogP contribution in [0.15, 0.2) is 0 Å². The van der Waals surface area contributed by atoms with Crippen molar-refractivity contribution in [3.8, 4) is 0 Å². The van der Waals surface area contributed by atoms with Crippen molar-refractivity contribution < 1.29 is 9.53 Å². The molecule has 2 fully saturated rings. The molecule has 1 heterocycles. The lowest BCUT2D eigenvalue weighted by molar-refractivity contribution is -0.135. The lowest BCUT2D eigenvalue weighted by Crippen LogP contribution is -2.51. The lowest BCUT2D eigenvalue weighted by Gasteiger charge is -2.30. The minimum absolute atomic E-state index is 0.0512. The number of carbonyl (C=O) groups is 1. The van der Waals surface area contributed by atoms with Crippen molar-refractivity contribution in [3.05, 3.63) is 0 Å². The molecule has 2 rings (SSSR count). The van der Waals surface area contributed by atoms with Crippen LogP contribution in [0.4, 0.5) is 0 Å². The van der Waals surface area contributed by atoms with E-state index in [4.69, 9.17) is 4.74 Å². The fourth-order valence-corrected chi connectivity index (χ4v) is 2.80. The molecule has 2 aliphatic rings. The van der Waals surface area contributed by atoms with Crippen molar-refractivity contribution in [1.82, 2.24) is 10.6 Å². The monoisotopic (exact) mass is 240 g/mol. The highest BCUT2D eigenvalue weighted by Crippen LogP contribution is 2.26. The molecule has 0 aromatic rings. The van der Waals surface area contributed by atoms with Crippen molar-refractivity contribution in [2.24, 2.45) is 5.92 Å². The van der Waals surface area contributed by atoms with Crippen LogP contribution in [-0.2, 0) is 9.53 Å². The van der Waals surface area contributed by atoms with E-state index in [-0.39, 0.29) is 18.1 Å². The van der Waals surface area contributed by atoms with Crippen LogP contribution in [0.25, 0.3) is 0 Å². The number of morpholine rings is 1. The topological polar surface area (TPSA) is 50.4 Å². The first kappa shape index (κ1) is 12.8. The Labute approximate surface area is 103 Å². The molecule has 98 valence electrons. The summed E-state index contributed by atoms with van der Waals surface area (Å²) >= 11 is 0. The number of hydrogen-bond acceptors (Lipinski definition) is 3. The number of amides is 1. The van der Waals surface area contributed by atoms with Gasteiger partial charge in [-0.15, -0.1) is 0 Å². The lowest BCUT2D eigenvalue weighted by atomic mass is 9.84. The molecule has 0 aromatic carbocycles. The van der Waals surface area contributed by atoms with Gasteiger partial charge in [-0.05, 0) is 25.7 Å². The van der Waals surface area contributed by atoms with Gasteiger partial charge >= 0.3 is 0 Å². The molecule has 4 heteroatoms. The standard InChI is InChI=1S/C13H24N2O2/c1-10(11-5-3-2-4-6-11)15-13(16)12-9-14-7-8-17-12/h10-12,14H,2-9H2,1H3,(H,15,16)/t10-,12?/m0/s1. The van der Waals surface area contributed by atoms with Gasteiger partial charge in [0.2, 0.25) is 0 Å². The second-order valence-corrected chi connectivity index (χ2v) is 5.26. The van der Waals surface area contributed by atoms with Gasteiger partial charge in [0.1, 0.15) is 6.10 Å². The number of rotatable bonds is 3. The largest absolute Gasteiger partial charge is 0.366 e. The van der Waals surface area contributed by atoms with Gasteiger partial charge in [0, 0.05) is 19.1 Å². The average Bonchev–Trinajstić information content (AvgIpc) is 2.40. The minimum Gasteiger partial charge on any atom is -0.366 e. The highest BCUT2D eigenvalue weighted by molar-refractivity contribution is 5.81. The highest BCUT2D eigenvalue weighted by Gasteiger charge is 2.26. The molecule has 0 radical (unpaired) electrons. The Bertz CT molecular complexity index is 246. The first-order valence-electron chi connectivity index (χ1n) is 6.90. The molecule has 17 heavy (non-hydrogen) atoms. The van der Waals surface area contributed by atoms with Crippen LogP contribution in [0.3, 0.4) is 0 Å². The Hall–Kier alpha value is -0.610. The maximum absolute atomic E-state index is 12.0. The fourth-order valence-electron chi connectivity index (χ4n) is 2.80. The molecular formula is C13H24N2O2. The van der Waals surface area contributed by atoms with Crippen LogP contribution < -0.4 is 10.6 Å². The number of nitrogens with one attached hydrogen (secondary N) is 2. The maximum atomic E-state index is 12.0. The van der Waals surface area contributed by atoms with E-state index < -0.39 is 0 Å². The van der Waals surface area contributed by atoms with Crippen LogP contribution in [0.2, 0.25) is 0 Å². The van der Waals surface area contributed by atoms with E-state index in [1.54, 1.807) is 0 Å². The van der Waals surface area contributed by atoms with E-state index >= 15 is 0 Å². The molecule has 2 atom stereocenters. The van der Waals surface area contributed by atoms with Crippen molar-refractivity contribution in [3.63, 3.8) is 0 Å². The normalized spacial score (nSPS) is 28.6. The molecule has 4 nitrogen and oxygen atoms in total. The number of carbonyl (C=O) groups excluding carboxylic acids is 1. The van der Waals surface area contributed by atoms with Gasteiger partial charge in [-0.1, -0.05) is 19.3 Å². The Morgan fingerprint density at radius 2 is 2.12 bits per heavy atom. The Balaban J connectivity index is 1.76. The van der Waals surface area contributed by atoms with E-state index in [1.807, 2.05) is 0 Å². The van der Waals surface area contributed by atoms with Gasteiger partial charge in [-0.25, -0.2) is 0 Å². The van der Waals surface area contributed by atoms with E-state index in [2.05, 4.69) is 17.6 Å². The van der Waals surface area contributed by atoms with Crippen LogP contribution in [0.5, 0.6) is 0 Å². The van der Waals surface area contributed by atoms with E-state index in [0.29, 0.717) is 19.1 Å². The second kappa shape index (κ2) is 6.36. The minimum atomic E-state index is -0.296. The van der Waals surface area contributed by atoms with Gasteiger partial charge in [0.15, 0.2) is 0 Å². The summed E-state index contributed by atoms with van der Waals surface area (Å²) in [7, 11) is 0.